The number of alkyl halides is 6. The van der Waals surface area contributed by atoms with Crippen LogP contribution in [0.25, 0.3) is 11.1 Å². The topological polar surface area (TPSA) is 58.6 Å². The van der Waals surface area contributed by atoms with Gasteiger partial charge in [-0.15, -0.1) is 0 Å². The summed E-state index contributed by atoms with van der Waals surface area (Å²) in [4.78, 5) is 24.3. The molecular formula is C25H23F7N4O2. The van der Waals surface area contributed by atoms with Crippen molar-refractivity contribution in [3.63, 3.8) is 0 Å². The SMILES string of the molecule is CN(C)CCOc1ncc(-c2ccc(F)cc2)c(C(=O)N(C)Cc2cc(C(F)(F)F)cc(C(F)(F)F)c2)n1. The number of amides is 1. The van der Waals surface area contributed by atoms with E-state index in [0.717, 1.165) is 17.0 Å². The quantitative estimate of drug-likeness (QED) is 0.349. The molecule has 0 N–H and O–H groups in total. The summed E-state index contributed by atoms with van der Waals surface area (Å²) >= 11 is 0. The van der Waals surface area contributed by atoms with Gasteiger partial charge >= 0.3 is 18.4 Å². The van der Waals surface area contributed by atoms with E-state index in [1.807, 2.05) is 19.0 Å². The lowest BCUT2D eigenvalue weighted by molar-refractivity contribution is -0.143. The molecule has 3 aromatic rings. The van der Waals surface area contributed by atoms with Crippen molar-refractivity contribution >= 4 is 5.91 Å². The lowest BCUT2D eigenvalue weighted by atomic mass is 10.0. The molecule has 1 aromatic heterocycles. The molecule has 3 rings (SSSR count). The Bertz CT molecular complexity index is 1240. The van der Waals surface area contributed by atoms with Crippen molar-refractivity contribution in [3.05, 3.63) is 76.9 Å². The molecule has 0 aliphatic carbocycles. The fraction of sp³-hybridized carbons (Fsp3) is 0.320. The molecule has 0 aliphatic rings. The van der Waals surface area contributed by atoms with Crippen molar-refractivity contribution in [2.45, 2.75) is 18.9 Å². The maximum atomic E-state index is 13.4. The zero-order valence-electron chi connectivity index (χ0n) is 20.5. The van der Waals surface area contributed by atoms with Crippen LogP contribution in [0, 0.1) is 5.82 Å². The number of rotatable bonds is 8. The van der Waals surface area contributed by atoms with Gasteiger partial charge in [-0.1, -0.05) is 12.1 Å². The largest absolute Gasteiger partial charge is 0.462 e. The molecule has 2 aromatic carbocycles. The first-order valence-electron chi connectivity index (χ1n) is 11.1. The summed E-state index contributed by atoms with van der Waals surface area (Å²) in [7, 11) is 4.83. The van der Waals surface area contributed by atoms with E-state index in [1.54, 1.807) is 0 Å². The van der Waals surface area contributed by atoms with Crippen LogP contribution in [0.4, 0.5) is 30.7 Å². The number of benzene rings is 2. The van der Waals surface area contributed by atoms with E-state index in [-0.39, 0.29) is 35.5 Å². The van der Waals surface area contributed by atoms with Crippen LogP contribution in [0.3, 0.4) is 0 Å². The van der Waals surface area contributed by atoms with Crippen molar-refractivity contribution in [3.8, 4) is 17.1 Å². The third-order valence-electron chi connectivity index (χ3n) is 5.31. The minimum atomic E-state index is -5.03. The van der Waals surface area contributed by atoms with Crippen LogP contribution in [0.2, 0.25) is 0 Å². The number of ether oxygens (including phenoxy) is 1. The van der Waals surface area contributed by atoms with Crippen molar-refractivity contribution in [2.75, 3.05) is 34.3 Å². The predicted molar refractivity (Wildman–Crippen MR) is 124 cm³/mol. The molecule has 0 saturated carbocycles. The number of halogens is 7. The van der Waals surface area contributed by atoms with E-state index in [2.05, 4.69) is 9.97 Å². The number of hydrogen-bond acceptors (Lipinski definition) is 5. The molecule has 38 heavy (non-hydrogen) atoms. The highest BCUT2D eigenvalue weighted by Crippen LogP contribution is 2.36. The molecule has 13 heteroatoms. The second kappa shape index (κ2) is 11.3. The highest BCUT2D eigenvalue weighted by Gasteiger charge is 2.37. The summed E-state index contributed by atoms with van der Waals surface area (Å²) < 4.78 is 98.4. The number of likely N-dealkylation sites (N-methyl/N-ethyl adjacent to an activating group) is 1. The van der Waals surface area contributed by atoms with Gasteiger partial charge in [-0.2, -0.15) is 31.3 Å². The van der Waals surface area contributed by atoms with Crippen LogP contribution < -0.4 is 4.74 Å². The smallest absolute Gasteiger partial charge is 0.416 e. The summed E-state index contributed by atoms with van der Waals surface area (Å²) in [5, 5.41) is 0. The van der Waals surface area contributed by atoms with Crippen molar-refractivity contribution in [2.24, 2.45) is 0 Å². The Morgan fingerprint density at radius 1 is 0.921 bits per heavy atom. The fourth-order valence-corrected chi connectivity index (χ4v) is 3.40. The van der Waals surface area contributed by atoms with Crippen LogP contribution >= 0.6 is 0 Å². The molecule has 1 amide bonds. The van der Waals surface area contributed by atoms with Crippen molar-refractivity contribution < 1.29 is 40.3 Å². The lowest BCUT2D eigenvalue weighted by Gasteiger charge is -2.21. The van der Waals surface area contributed by atoms with Gasteiger partial charge in [0.2, 0.25) is 0 Å². The third kappa shape index (κ3) is 7.40. The van der Waals surface area contributed by atoms with E-state index in [9.17, 15) is 35.5 Å². The monoisotopic (exact) mass is 544 g/mol. The molecule has 0 atom stereocenters. The van der Waals surface area contributed by atoms with E-state index >= 15 is 0 Å². The summed E-state index contributed by atoms with van der Waals surface area (Å²) in [6.45, 7) is 0.0929. The Hall–Kier alpha value is -3.74. The van der Waals surface area contributed by atoms with Crippen molar-refractivity contribution in [1.82, 2.24) is 19.8 Å². The molecule has 0 spiro atoms. The number of nitrogens with zero attached hydrogens (tertiary/aromatic N) is 4. The van der Waals surface area contributed by atoms with Gasteiger partial charge in [0.25, 0.3) is 5.91 Å². The van der Waals surface area contributed by atoms with E-state index in [4.69, 9.17) is 4.74 Å². The standard InChI is InChI=1S/C25H23F7N4O2/c1-35(2)8-9-38-23-33-13-20(16-4-6-19(26)7-5-16)21(34-23)22(37)36(3)14-15-10-17(24(27,28)29)12-18(11-15)25(30,31)32/h4-7,10-13H,8-9,14H2,1-3H3. The number of carbonyl (C=O) groups excluding carboxylic acids is 1. The summed E-state index contributed by atoms with van der Waals surface area (Å²) in [6.07, 6.45) is -8.78. The zero-order chi connectivity index (χ0) is 28.3. The third-order valence-corrected chi connectivity index (χ3v) is 5.31. The first-order valence-corrected chi connectivity index (χ1v) is 11.1. The minimum Gasteiger partial charge on any atom is -0.462 e. The molecule has 6 nitrogen and oxygen atoms in total. The molecule has 1 heterocycles. The number of aromatic nitrogens is 2. The highest BCUT2D eigenvalue weighted by atomic mass is 19.4. The number of carbonyl (C=O) groups is 1. The van der Waals surface area contributed by atoms with Gasteiger partial charge in [-0.05, 0) is 55.6 Å². The molecule has 0 saturated heterocycles. The predicted octanol–water partition coefficient (Wildman–Crippen LogP) is 5.53. The van der Waals surface area contributed by atoms with Crippen LogP contribution in [-0.2, 0) is 18.9 Å². The van der Waals surface area contributed by atoms with E-state index < -0.39 is 41.7 Å². The molecule has 0 unspecified atom stereocenters. The maximum Gasteiger partial charge on any atom is 0.416 e. The molecule has 0 radical (unpaired) electrons. The van der Waals surface area contributed by atoms with Gasteiger partial charge in [0.1, 0.15) is 18.1 Å². The second-order valence-corrected chi connectivity index (χ2v) is 8.65. The molecular weight excluding hydrogens is 521 g/mol. The highest BCUT2D eigenvalue weighted by molar-refractivity contribution is 5.98. The molecule has 0 bridgehead atoms. The first kappa shape index (κ1) is 28.8. The van der Waals surface area contributed by atoms with Crippen LogP contribution in [-0.4, -0.2) is 60.0 Å². The van der Waals surface area contributed by atoms with E-state index in [0.29, 0.717) is 24.2 Å². The summed E-state index contributed by atoms with van der Waals surface area (Å²) in [6, 6.07) is 6.00. The maximum absolute atomic E-state index is 13.4. The van der Waals surface area contributed by atoms with Crippen LogP contribution in [0.15, 0.2) is 48.7 Å². The average molecular weight is 544 g/mol. The van der Waals surface area contributed by atoms with E-state index in [1.165, 1.54) is 25.4 Å². The zero-order valence-corrected chi connectivity index (χ0v) is 20.5. The Kier molecular flexibility index (Phi) is 8.60. The minimum absolute atomic E-state index is 0.0136. The first-order chi connectivity index (χ1) is 17.6. The molecule has 0 aliphatic heterocycles. The van der Waals surface area contributed by atoms with Gasteiger partial charge in [-0.3, -0.25) is 4.79 Å². The molecule has 0 fully saturated rings. The number of hydrogen-bond donors (Lipinski definition) is 0. The Morgan fingerprint density at radius 2 is 1.50 bits per heavy atom. The fourth-order valence-electron chi connectivity index (χ4n) is 3.40. The lowest BCUT2D eigenvalue weighted by Crippen LogP contribution is -2.28. The van der Waals surface area contributed by atoms with Gasteiger partial charge in [0.05, 0.1) is 11.1 Å². The Labute approximate surface area is 213 Å². The second-order valence-electron chi connectivity index (χ2n) is 8.65. The van der Waals surface area contributed by atoms with Gasteiger partial charge in [0, 0.05) is 31.9 Å². The van der Waals surface area contributed by atoms with Crippen molar-refractivity contribution in [1.29, 1.82) is 0 Å². The van der Waals surface area contributed by atoms with Gasteiger partial charge in [0.15, 0.2) is 0 Å². The van der Waals surface area contributed by atoms with Gasteiger partial charge in [-0.25, -0.2) is 9.37 Å². The Morgan fingerprint density at radius 3 is 2.03 bits per heavy atom. The summed E-state index contributed by atoms with van der Waals surface area (Å²) in [5.41, 5.74) is -3.06. The van der Waals surface area contributed by atoms with Crippen LogP contribution in [0.5, 0.6) is 6.01 Å². The average Bonchev–Trinajstić information content (AvgIpc) is 2.82. The summed E-state index contributed by atoms with van der Waals surface area (Å²) in [5.74, 6) is -1.36. The normalized spacial score (nSPS) is 12.1. The molecule has 204 valence electrons. The van der Waals surface area contributed by atoms with Gasteiger partial charge < -0.3 is 14.5 Å². The van der Waals surface area contributed by atoms with Crippen LogP contribution in [0.1, 0.15) is 27.2 Å². The Balaban J connectivity index is 1.98.